The molecule has 0 N–H and O–H groups in total. The molecule has 0 aromatic heterocycles. The van der Waals surface area contributed by atoms with Crippen molar-refractivity contribution in [3.63, 3.8) is 0 Å². The minimum Gasteiger partial charge on any atom is -0.374 e. The predicted molar refractivity (Wildman–Crippen MR) is 138 cm³/mol. The van der Waals surface area contributed by atoms with Gasteiger partial charge in [-0.15, -0.1) is 0 Å². The second-order valence-corrected chi connectivity index (χ2v) is 8.66. The van der Waals surface area contributed by atoms with Gasteiger partial charge in [-0.25, -0.2) is 0 Å². The second kappa shape index (κ2) is 10.8. The van der Waals surface area contributed by atoms with E-state index in [1.165, 1.54) is 44.5 Å². The number of hydrogen-bond acceptors (Lipinski definition) is 2. The number of hydrogen-bond donors (Lipinski definition) is 1. The fraction of sp³-hybridized carbons (Fsp3) is 0.310. The summed E-state index contributed by atoms with van der Waals surface area (Å²) in [4.78, 5) is 0. The lowest BCUT2D eigenvalue weighted by atomic mass is 9.91. The molecule has 1 atom stereocenters. The van der Waals surface area contributed by atoms with E-state index in [1.54, 1.807) is 0 Å². The van der Waals surface area contributed by atoms with Crippen LogP contribution in [0.4, 0.5) is 0 Å². The summed E-state index contributed by atoms with van der Waals surface area (Å²) in [5.41, 5.74) is 11.4. The van der Waals surface area contributed by atoms with E-state index in [0.29, 0.717) is 6.61 Å². The molecule has 2 heteroatoms. The van der Waals surface area contributed by atoms with E-state index < -0.39 is 0 Å². The highest BCUT2D eigenvalue weighted by Crippen LogP contribution is 2.31. The minimum absolute atomic E-state index is 0.0867. The summed E-state index contributed by atoms with van der Waals surface area (Å²) in [6, 6.07) is 22.4. The molecule has 0 fully saturated rings. The van der Waals surface area contributed by atoms with Crippen LogP contribution in [0.25, 0.3) is 22.3 Å². The fourth-order valence-corrected chi connectivity index (χ4v) is 4.07. The van der Waals surface area contributed by atoms with Crippen molar-refractivity contribution in [1.82, 2.24) is 0 Å². The molecule has 1 nitrogen and oxygen atoms in total. The predicted octanol–water partition coefficient (Wildman–Crippen LogP) is 7.84. The summed E-state index contributed by atoms with van der Waals surface area (Å²) >= 11 is 4.54. The summed E-state index contributed by atoms with van der Waals surface area (Å²) in [5, 5.41) is 0. The molecule has 0 aliphatic rings. The lowest BCUT2D eigenvalue weighted by Crippen LogP contribution is -2.12. The fourth-order valence-electron chi connectivity index (χ4n) is 3.76. The van der Waals surface area contributed by atoms with E-state index in [4.69, 9.17) is 4.74 Å². The highest BCUT2D eigenvalue weighted by atomic mass is 32.1. The molecular formula is C29H34OS. The zero-order chi connectivity index (χ0) is 22.4. The Balaban J connectivity index is 1.89. The van der Waals surface area contributed by atoms with Gasteiger partial charge in [-0.3, -0.25) is 0 Å². The summed E-state index contributed by atoms with van der Waals surface area (Å²) in [5.74, 6) is 0.735. The van der Waals surface area contributed by atoms with Crippen molar-refractivity contribution in [3.05, 3.63) is 95.1 Å². The summed E-state index contributed by atoms with van der Waals surface area (Å²) in [7, 11) is 0. The summed E-state index contributed by atoms with van der Waals surface area (Å²) in [6.07, 6.45) is 1.96. The molecule has 0 heterocycles. The summed E-state index contributed by atoms with van der Waals surface area (Å²) in [6.45, 7) is 13.1. The first kappa shape index (κ1) is 23.4. The van der Waals surface area contributed by atoms with Crippen LogP contribution in [0, 0.1) is 6.92 Å². The largest absolute Gasteiger partial charge is 0.374 e. The average Bonchev–Trinajstić information content (AvgIpc) is 2.79. The lowest BCUT2D eigenvalue weighted by Gasteiger charge is -2.16. The second-order valence-electron chi connectivity index (χ2n) is 8.34. The standard InChI is InChI=1S/C29H34OS/c1-6-23-17-25(24-9-7-21(4)8-10-24)13-14-29(23)27-11-12-28(19-31)26(18-27)15-16-30-22(5)20(2)3/h7-14,17-18,22,31H,2,6,15-16,19H2,1,3-5H3. The van der Waals surface area contributed by atoms with Gasteiger partial charge in [-0.1, -0.05) is 85.3 Å². The number of thiol groups is 1. The van der Waals surface area contributed by atoms with Crippen LogP contribution in [-0.4, -0.2) is 12.7 Å². The van der Waals surface area contributed by atoms with Crippen molar-refractivity contribution < 1.29 is 4.74 Å². The Morgan fingerprint density at radius 2 is 1.55 bits per heavy atom. The van der Waals surface area contributed by atoms with Gasteiger partial charge in [0.15, 0.2) is 0 Å². The van der Waals surface area contributed by atoms with E-state index in [-0.39, 0.29) is 6.10 Å². The molecule has 1 unspecified atom stereocenters. The van der Waals surface area contributed by atoms with Gasteiger partial charge in [0.1, 0.15) is 0 Å². The van der Waals surface area contributed by atoms with Gasteiger partial charge in [-0.2, -0.15) is 12.6 Å². The molecular weight excluding hydrogens is 396 g/mol. The molecule has 3 aromatic carbocycles. The number of aryl methyl sites for hydroxylation is 2. The Morgan fingerprint density at radius 3 is 2.19 bits per heavy atom. The Hall–Kier alpha value is -2.29. The van der Waals surface area contributed by atoms with Crippen LogP contribution in [-0.2, 0) is 23.3 Å². The third-order valence-corrected chi connectivity index (χ3v) is 6.33. The first-order valence-electron chi connectivity index (χ1n) is 11.1. The maximum absolute atomic E-state index is 5.95. The molecule has 0 aliphatic carbocycles. The summed E-state index contributed by atoms with van der Waals surface area (Å²) < 4.78 is 5.95. The molecule has 0 saturated heterocycles. The minimum atomic E-state index is 0.0867. The van der Waals surface area contributed by atoms with E-state index in [1.807, 2.05) is 6.92 Å². The van der Waals surface area contributed by atoms with Crippen LogP contribution in [0.2, 0.25) is 0 Å². The van der Waals surface area contributed by atoms with Crippen molar-refractivity contribution in [2.75, 3.05) is 6.61 Å². The van der Waals surface area contributed by atoms with Gasteiger partial charge < -0.3 is 4.74 Å². The zero-order valence-electron chi connectivity index (χ0n) is 19.2. The first-order valence-corrected chi connectivity index (χ1v) is 11.8. The topological polar surface area (TPSA) is 9.23 Å². The van der Waals surface area contributed by atoms with Gasteiger partial charge in [0, 0.05) is 5.75 Å². The van der Waals surface area contributed by atoms with E-state index >= 15 is 0 Å². The van der Waals surface area contributed by atoms with E-state index in [0.717, 1.165) is 24.2 Å². The van der Waals surface area contributed by atoms with Crippen LogP contribution in [0.3, 0.4) is 0 Å². The Bertz CT molecular complexity index is 1030. The molecule has 3 rings (SSSR count). The third kappa shape index (κ3) is 5.90. The third-order valence-electron chi connectivity index (χ3n) is 5.99. The molecule has 0 saturated carbocycles. The van der Waals surface area contributed by atoms with Crippen LogP contribution in [0.1, 0.15) is 43.0 Å². The normalized spacial score (nSPS) is 12.0. The molecule has 0 amide bonds. The lowest BCUT2D eigenvalue weighted by molar-refractivity contribution is 0.0926. The first-order chi connectivity index (χ1) is 14.9. The molecule has 162 valence electrons. The van der Waals surface area contributed by atoms with Crippen molar-refractivity contribution in [3.8, 4) is 22.3 Å². The number of ether oxygens (including phenoxy) is 1. The van der Waals surface area contributed by atoms with Gasteiger partial charge >= 0.3 is 0 Å². The van der Waals surface area contributed by atoms with Gasteiger partial charge in [0.25, 0.3) is 0 Å². The molecule has 0 aliphatic heterocycles. The molecule has 0 radical (unpaired) electrons. The van der Waals surface area contributed by atoms with E-state index in [2.05, 4.69) is 101 Å². The van der Waals surface area contributed by atoms with Crippen molar-refractivity contribution in [2.24, 2.45) is 0 Å². The number of benzene rings is 3. The zero-order valence-corrected chi connectivity index (χ0v) is 20.1. The molecule has 31 heavy (non-hydrogen) atoms. The molecule has 0 bridgehead atoms. The van der Waals surface area contributed by atoms with Crippen LogP contribution in [0.15, 0.2) is 72.8 Å². The SMILES string of the molecule is C=C(C)C(C)OCCc1cc(-c2ccc(-c3ccc(C)cc3)cc2CC)ccc1CS. The van der Waals surface area contributed by atoms with Gasteiger partial charge in [-0.05, 0) is 72.6 Å². The highest BCUT2D eigenvalue weighted by Gasteiger charge is 2.11. The van der Waals surface area contributed by atoms with Gasteiger partial charge in [0.2, 0.25) is 0 Å². The maximum Gasteiger partial charge on any atom is 0.0751 e. The van der Waals surface area contributed by atoms with Crippen LogP contribution in [0.5, 0.6) is 0 Å². The average molecular weight is 431 g/mol. The maximum atomic E-state index is 5.95. The quantitative estimate of drug-likeness (QED) is 0.269. The Morgan fingerprint density at radius 1 is 0.903 bits per heavy atom. The molecule has 3 aromatic rings. The van der Waals surface area contributed by atoms with Crippen LogP contribution < -0.4 is 0 Å². The Labute approximate surface area is 193 Å². The van der Waals surface area contributed by atoms with E-state index in [9.17, 15) is 0 Å². The van der Waals surface area contributed by atoms with Crippen molar-refractivity contribution in [2.45, 2.75) is 52.4 Å². The number of rotatable bonds is 9. The monoisotopic (exact) mass is 430 g/mol. The highest BCUT2D eigenvalue weighted by molar-refractivity contribution is 7.79. The Kier molecular flexibility index (Phi) is 8.17. The van der Waals surface area contributed by atoms with Crippen molar-refractivity contribution in [1.29, 1.82) is 0 Å². The van der Waals surface area contributed by atoms with Gasteiger partial charge in [0.05, 0.1) is 12.7 Å². The smallest absolute Gasteiger partial charge is 0.0751 e. The molecule has 0 spiro atoms. The van der Waals surface area contributed by atoms with Crippen molar-refractivity contribution >= 4 is 12.6 Å². The van der Waals surface area contributed by atoms with Crippen LogP contribution >= 0.6 is 12.6 Å².